The number of carbonyl (C=O) groups excluding carboxylic acids is 1. The van der Waals surface area contributed by atoms with Gasteiger partial charge in [0.15, 0.2) is 0 Å². The summed E-state index contributed by atoms with van der Waals surface area (Å²) < 4.78 is 5.26. The lowest BCUT2D eigenvalue weighted by atomic mass is 9.95. The van der Waals surface area contributed by atoms with Crippen molar-refractivity contribution in [1.82, 2.24) is 4.90 Å². The molecule has 1 fully saturated rings. The van der Waals surface area contributed by atoms with Crippen LogP contribution in [-0.4, -0.2) is 40.0 Å². The number of rotatable bonds is 0. The number of aliphatic hydroxyl groups is 1. The molecule has 1 heterocycles. The van der Waals surface area contributed by atoms with Crippen LogP contribution in [0.25, 0.3) is 0 Å². The lowest BCUT2D eigenvalue weighted by molar-refractivity contribution is -0.0620. The van der Waals surface area contributed by atoms with Gasteiger partial charge in [-0.15, -0.1) is 0 Å². The fraction of sp³-hybridized carbons (Fsp3) is 0.909. The van der Waals surface area contributed by atoms with Crippen LogP contribution in [0.5, 0.6) is 0 Å². The second-order valence-electron chi connectivity index (χ2n) is 5.52. The molecule has 0 bridgehead atoms. The molecule has 1 aliphatic heterocycles. The van der Waals surface area contributed by atoms with E-state index in [0.717, 1.165) is 6.42 Å². The molecule has 5 nitrogen and oxygen atoms in total. The third-order valence-electron chi connectivity index (χ3n) is 2.73. The lowest BCUT2D eigenvalue weighted by Crippen LogP contribution is -2.66. The summed E-state index contributed by atoms with van der Waals surface area (Å²) in [6.07, 6.45) is 0.199. The zero-order chi connectivity index (χ0) is 12.6. The highest BCUT2D eigenvalue weighted by molar-refractivity contribution is 5.69. The topological polar surface area (TPSA) is 75.8 Å². The van der Waals surface area contributed by atoms with Crippen molar-refractivity contribution in [2.75, 3.05) is 6.54 Å². The maximum atomic E-state index is 11.9. The summed E-state index contributed by atoms with van der Waals surface area (Å²) in [6.45, 7) is 7.59. The fourth-order valence-corrected chi connectivity index (χ4v) is 1.76. The Labute approximate surface area is 96.6 Å². The predicted octanol–water partition coefficient (Wildman–Crippen LogP) is 1.05. The zero-order valence-corrected chi connectivity index (χ0v) is 10.5. The van der Waals surface area contributed by atoms with Crippen LogP contribution in [-0.2, 0) is 4.74 Å². The summed E-state index contributed by atoms with van der Waals surface area (Å²) >= 11 is 0. The van der Waals surface area contributed by atoms with Crippen LogP contribution in [0.1, 0.15) is 40.5 Å². The fourth-order valence-electron chi connectivity index (χ4n) is 1.76. The standard InChI is InChI=1S/C11H22N2O3/c1-10(2,3)16-9(15)13-7-5-6-8(14)11(13,4)12/h8,14H,5-7,12H2,1-4H3. The number of hydrogen-bond acceptors (Lipinski definition) is 4. The maximum Gasteiger partial charge on any atom is 0.411 e. The van der Waals surface area contributed by atoms with E-state index in [-0.39, 0.29) is 0 Å². The van der Waals surface area contributed by atoms with Gasteiger partial charge in [-0.25, -0.2) is 4.79 Å². The van der Waals surface area contributed by atoms with E-state index in [1.165, 1.54) is 4.90 Å². The molecule has 1 rings (SSSR count). The van der Waals surface area contributed by atoms with E-state index >= 15 is 0 Å². The molecule has 5 heteroatoms. The highest BCUT2D eigenvalue weighted by atomic mass is 16.6. The lowest BCUT2D eigenvalue weighted by Gasteiger charge is -2.45. The van der Waals surface area contributed by atoms with Crippen LogP contribution in [0.15, 0.2) is 0 Å². The number of amides is 1. The molecule has 1 aliphatic rings. The number of nitrogens with two attached hydrogens (primary N) is 1. The van der Waals surface area contributed by atoms with E-state index in [1.807, 2.05) is 0 Å². The van der Waals surface area contributed by atoms with Gasteiger partial charge in [0.1, 0.15) is 11.3 Å². The number of nitrogens with zero attached hydrogens (tertiary/aromatic N) is 1. The molecule has 0 aliphatic carbocycles. The monoisotopic (exact) mass is 230 g/mol. The second-order valence-corrected chi connectivity index (χ2v) is 5.52. The summed E-state index contributed by atoms with van der Waals surface area (Å²) in [6, 6.07) is 0. The molecular formula is C11H22N2O3. The first-order chi connectivity index (χ1) is 7.14. The predicted molar refractivity (Wildman–Crippen MR) is 60.8 cm³/mol. The van der Waals surface area contributed by atoms with Gasteiger partial charge in [0, 0.05) is 6.54 Å². The highest BCUT2D eigenvalue weighted by Gasteiger charge is 2.42. The molecule has 94 valence electrons. The van der Waals surface area contributed by atoms with Gasteiger partial charge in [0.2, 0.25) is 0 Å². The van der Waals surface area contributed by atoms with Crippen LogP contribution in [0.4, 0.5) is 4.79 Å². The Morgan fingerprint density at radius 3 is 2.62 bits per heavy atom. The van der Waals surface area contributed by atoms with E-state index in [4.69, 9.17) is 10.5 Å². The minimum absolute atomic E-state index is 0.462. The minimum atomic E-state index is -1.04. The normalized spacial score (nSPS) is 31.4. The van der Waals surface area contributed by atoms with Crippen molar-refractivity contribution >= 4 is 6.09 Å². The van der Waals surface area contributed by atoms with Gasteiger partial charge >= 0.3 is 6.09 Å². The molecule has 2 unspecified atom stereocenters. The maximum absolute atomic E-state index is 11.9. The Balaban J connectivity index is 2.75. The summed E-state index contributed by atoms with van der Waals surface area (Å²) in [5, 5.41) is 9.78. The Morgan fingerprint density at radius 2 is 2.12 bits per heavy atom. The van der Waals surface area contributed by atoms with Crippen LogP contribution in [0.2, 0.25) is 0 Å². The number of ether oxygens (including phenoxy) is 1. The largest absolute Gasteiger partial charge is 0.444 e. The van der Waals surface area contributed by atoms with E-state index in [9.17, 15) is 9.90 Å². The number of aliphatic hydroxyl groups excluding tert-OH is 1. The van der Waals surface area contributed by atoms with Crippen molar-refractivity contribution in [3.8, 4) is 0 Å². The molecule has 1 saturated heterocycles. The van der Waals surface area contributed by atoms with Crippen molar-refractivity contribution in [1.29, 1.82) is 0 Å². The van der Waals surface area contributed by atoms with Gasteiger partial charge in [-0.2, -0.15) is 0 Å². The van der Waals surface area contributed by atoms with Crippen LogP contribution < -0.4 is 5.73 Å². The number of carbonyl (C=O) groups is 1. The van der Waals surface area contributed by atoms with Crippen molar-refractivity contribution < 1.29 is 14.6 Å². The zero-order valence-electron chi connectivity index (χ0n) is 10.5. The molecule has 3 N–H and O–H groups in total. The van der Waals surface area contributed by atoms with E-state index in [1.54, 1.807) is 27.7 Å². The quantitative estimate of drug-likeness (QED) is 0.652. The van der Waals surface area contributed by atoms with Crippen LogP contribution in [0.3, 0.4) is 0 Å². The Morgan fingerprint density at radius 1 is 1.56 bits per heavy atom. The first kappa shape index (κ1) is 13.3. The van der Waals surface area contributed by atoms with Crippen molar-refractivity contribution in [2.24, 2.45) is 5.73 Å². The first-order valence-corrected chi connectivity index (χ1v) is 5.62. The molecular weight excluding hydrogens is 208 g/mol. The average Bonchev–Trinajstić information content (AvgIpc) is 2.06. The van der Waals surface area contributed by atoms with E-state index < -0.39 is 23.5 Å². The van der Waals surface area contributed by atoms with Gasteiger partial charge in [-0.05, 0) is 40.5 Å². The van der Waals surface area contributed by atoms with Crippen molar-refractivity contribution in [3.63, 3.8) is 0 Å². The summed E-state index contributed by atoms with van der Waals surface area (Å²) in [7, 11) is 0. The molecule has 0 aromatic rings. The number of hydrogen-bond donors (Lipinski definition) is 2. The van der Waals surface area contributed by atoms with Crippen molar-refractivity contribution in [3.05, 3.63) is 0 Å². The van der Waals surface area contributed by atoms with E-state index in [2.05, 4.69) is 0 Å². The van der Waals surface area contributed by atoms with Gasteiger partial charge < -0.3 is 15.6 Å². The molecule has 0 aromatic carbocycles. The number of likely N-dealkylation sites (tertiary alicyclic amines) is 1. The highest BCUT2D eigenvalue weighted by Crippen LogP contribution is 2.25. The molecule has 1 amide bonds. The Kier molecular flexibility index (Phi) is 3.50. The SMILES string of the molecule is CC(C)(C)OC(=O)N1CCCC(O)C1(C)N. The summed E-state index contributed by atoms with van der Waals surface area (Å²) in [5.74, 6) is 0. The number of piperidine rings is 1. The molecule has 0 spiro atoms. The second kappa shape index (κ2) is 4.22. The van der Waals surface area contributed by atoms with Gasteiger partial charge in [-0.1, -0.05) is 0 Å². The summed E-state index contributed by atoms with van der Waals surface area (Å²) in [4.78, 5) is 13.3. The smallest absolute Gasteiger partial charge is 0.411 e. The molecule has 0 aromatic heterocycles. The Hall–Kier alpha value is -0.810. The third-order valence-corrected chi connectivity index (χ3v) is 2.73. The molecule has 0 radical (unpaired) electrons. The van der Waals surface area contributed by atoms with Gasteiger partial charge in [0.05, 0.1) is 6.10 Å². The average molecular weight is 230 g/mol. The van der Waals surface area contributed by atoms with Crippen molar-refractivity contribution in [2.45, 2.75) is 57.9 Å². The minimum Gasteiger partial charge on any atom is -0.444 e. The first-order valence-electron chi connectivity index (χ1n) is 5.62. The van der Waals surface area contributed by atoms with Crippen LogP contribution >= 0.6 is 0 Å². The van der Waals surface area contributed by atoms with Gasteiger partial charge in [-0.3, -0.25) is 4.90 Å². The molecule has 0 saturated carbocycles. The van der Waals surface area contributed by atoms with Gasteiger partial charge in [0.25, 0.3) is 0 Å². The third kappa shape index (κ3) is 2.86. The summed E-state index contributed by atoms with van der Waals surface area (Å²) in [5.41, 5.74) is 4.37. The Bertz CT molecular complexity index is 271. The van der Waals surface area contributed by atoms with Crippen LogP contribution in [0, 0.1) is 0 Å². The molecule has 16 heavy (non-hydrogen) atoms. The molecule has 2 atom stereocenters. The van der Waals surface area contributed by atoms with E-state index in [0.29, 0.717) is 13.0 Å².